The van der Waals surface area contributed by atoms with Crippen molar-refractivity contribution < 1.29 is 32.6 Å². The number of ether oxygens (including phenoxy) is 1. The Hall–Kier alpha value is -4.30. The summed E-state index contributed by atoms with van der Waals surface area (Å²) < 4.78 is 47.3. The Morgan fingerprint density at radius 3 is 2.62 bits per heavy atom. The number of carbonyl (C=O) groups excluding carboxylic acids is 1. The number of hydrogen-bond acceptors (Lipinski definition) is 7. The number of carboxylic acid groups (broad SMARTS) is 1. The molecule has 0 bridgehead atoms. The number of nitrogens with zero attached hydrogens (tertiary/aromatic N) is 3. The predicted octanol–water partition coefficient (Wildman–Crippen LogP) is 5.47. The summed E-state index contributed by atoms with van der Waals surface area (Å²) in [6.45, 7) is 3.77. The van der Waals surface area contributed by atoms with E-state index in [4.69, 9.17) is 4.74 Å². The van der Waals surface area contributed by atoms with Gasteiger partial charge in [-0.1, -0.05) is 6.07 Å². The second kappa shape index (κ2) is 11.9. The Morgan fingerprint density at radius 1 is 1.19 bits per heavy atom. The van der Waals surface area contributed by atoms with Gasteiger partial charge in [0.1, 0.15) is 16.4 Å². The number of hydrogen-bond donors (Lipinski definition) is 3. The van der Waals surface area contributed by atoms with Gasteiger partial charge in [0.25, 0.3) is 0 Å². The number of alkyl halides is 3. The standard InChI is InChI=1S/C28H26F3N5O5S/c1-2-32-27(40)35-23-10-17(25-34-22(14-42-25)28(29,30)31)19(11-33-23)16-3-4-21-18(9-16)24(37)20(26(38)39)13-36(21)12-15-5-7-41-8-6-15/h3-4,9-11,13-15H,2,5-8,12H2,1H3,(H,38,39)(H2,32,33,35,40). The van der Waals surface area contributed by atoms with Gasteiger partial charge in [-0.05, 0) is 49.4 Å². The Balaban J connectivity index is 1.65. The molecule has 10 nitrogen and oxygen atoms in total. The van der Waals surface area contributed by atoms with Crippen molar-refractivity contribution in [2.75, 3.05) is 25.1 Å². The van der Waals surface area contributed by atoms with Crippen LogP contribution in [0.5, 0.6) is 0 Å². The molecule has 14 heteroatoms. The largest absolute Gasteiger partial charge is 0.477 e. The third-order valence-corrected chi connectivity index (χ3v) is 7.80. The first-order chi connectivity index (χ1) is 20.0. The first-order valence-corrected chi connectivity index (χ1v) is 14.0. The van der Waals surface area contributed by atoms with Crippen LogP contribution in [0.15, 0.2) is 46.8 Å². The van der Waals surface area contributed by atoms with E-state index >= 15 is 0 Å². The number of halogens is 3. The van der Waals surface area contributed by atoms with Crippen LogP contribution >= 0.6 is 11.3 Å². The average Bonchev–Trinajstić information content (AvgIpc) is 3.46. The normalized spacial score (nSPS) is 14.2. The first kappa shape index (κ1) is 29.2. The number of amides is 2. The molecular weight excluding hydrogens is 575 g/mol. The molecule has 4 heterocycles. The van der Waals surface area contributed by atoms with Crippen LogP contribution in [0.4, 0.5) is 23.8 Å². The smallest absolute Gasteiger partial charge is 0.434 e. The van der Waals surface area contributed by atoms with Gasteiger partial charge in [-0.3, -0.25) is 10.1 Å². The number of nitrogens with one attached hydrogen (secondary N) is 2. The van der Waals surface area contributed by atoms with Crippen molar-refractivity contribution >= 4 is 40.1 Å². The molecular formula is C28H26F3N5O5S. The number of aromatic carboxylic acids is 1. The zero-order chi connectivity index (χ0) is 30.0. The molecule has 1 aromatic carbocycles. The molecule has 3 N–H and O–H groups in total. The fourth-order valence-corrected chi connectivity index (χ4v) is 5.71. The van der Waals surface area contributed by atoms with E-state index < -0.39 is 29.3 Å². The number of pyridine rings is 2. The van der Waals surface area contributed by atoms with E-state index in [1.54, 1.807) is 23.6 Å². The molecule has 0 spiro atoms. The highest BCUT2D eigenvalue weighted by Crippen LogP contribution is 2.39. The minimum atomic E-state index is -4.66. The molecule has 0 atom stereocenters. The molecule has 42 heavy (non-hydrogen) atoms. The van der Waals surface area contributed by atoms with E-state index in [2.05, 4.69) is 20.6 Å². The summed E-state index contributed by atoms with van der Waals surface area (Å²) in [7, 11) is 0. The summed E-state index contributed by atoms with van der Waals surface area (Å²) in [6, 6.07) is 5.75. The summed E-state index contributed by atoms with van der Waals surface area (Å²) in [5.41, 5.74) is -0.606. The fourth-order valence-electron chi connectivity index (χ4n) is 4.85. The molecule has 0 aliphatic carbocycles. The third-order valence-electron chi connectivity index (χ3n) is 6.93. The van der Waals surface area contributed by atoms with Crippen LogP contribution in [0.25, 0.3) is 32.6 Å². The minimum absolute atomic E-state index is 0.0231. The van der Waals surface area contributed by atoms with E-state index in [1.807, 2.05) is 0 Å². The van der Waals surface area contributed by atoms with Crippen molar-refractivity contribution in [2.45, 2.75) is 32.5 Å². The maximum absolute atomic E-state index is 13.4. The van der Waals surface area contributed by atoms with E-state index in [1.165, 1.54) is 24.5 Å². The maximum Gasteiger partial charge on any atom is 0.434 e. The number of anilines is 1. The average molecular weight is 602 g/mol. The van der Waals surface area contributed by atoms with Gasteiger partial charge in [0.2, 0.25) is 5.43 Å². The molecule has 4 aromatic rings. The van der Waals surface area contributed by atoms with E-state index in [0.29, 0.717) is 42.9 Å². The van der Waals surface area contributed by atoms with E-state index in [9.17, 15) is 32.7 Å². The number of rotatable bonds is 7. The van der Waals surface area contributed by atoms with Gasteiger partial charge in [0, 0.05) is 60.6 Å². The number of carbonyl (C=O) groups is 2. The molecule has 0 saturated carbocycles. The number of benzene rings is 1. The number of thiazole rings is 1. The number of urea groups is 1. The van der Waals surface area contributed by atoms with Gasteiger partial charge < -0.3 is 19.7 Å². The fraction of sp³-hybridized carbons (Fsp3) is 0.321. The van der Waals surface area contributed by atoms with Crippen molar-refractivity contribution in [3.63, 3.8) is 0 Å². The molecule has 2 amide bonds. The Kier molecular flexibility index (Phi) is 8.27. The van der Waals surface area contributed by atoms with Gasteiger partial charge in [-0.15, -0.1) is 11.3 Å². The lowest BCUT2D eigenvalue weighted by Gasteiger charge is -2.24. The maximum atomic E-state index is 13.4. The lowest BCUT2D eigenvalue weighted by Crippen LogP contribution is -2.28. The first-order valence-electron chi connectivity index (χ1n) is 13.1. The van der Waals surface area contributed by atoms with E-state index in [0.717, 1.165) is 29.6 Å². The second-order valence-electron chi connectivity index (χ2n) is 9.75. The highest BCUT2D eigenvalue weighted by atomic mass is 32.1. The third kappa shape index (κ3) is 6.14. The summed E-state index contributed by atoms with van der Waals surface area (Å²) >= 11 is 0.770. The van der Waals surface area contributed by atoms with Gasteiger partial charge in [0.15, 0.2) is 5.69 Å². The molecule has 0 unspecified atom stereocenters. The highest BCUT2D eigenvalue weighted by Gasteiger charge is 2.34. The zero-order valence-corrected chi connectivity index (χ0v) is 23.1. The SMILES string of the molecule is CCNC(=O)Nc1cc(-c2nc(C(F)(F)F)cs2)c(-c2ccc3c(c2)c(=O)c(C(=O)O)cn3CC2CCOCC2)cn1. The van der Waals surface area contributed by atoms with Crippen molar-refractivity contribution in [2.24, 2.45) is 5.92 Å². The van der Waals surface area contributed by atoms with Crippen molar-refractivity contribution in [1.29, 1.82) is 0 Å². The van der Waals surface area contributed by atoms with Crippen LogP contribution in [0, 0.1) is 5.92 Å². The minimum Gasteiger partial charge on any atom is -0.477 e. The zero-order valence-electron chi connectivity index (χ0n) is 22.3. The van der Waals surface area contributed by atoms with Gasteiger partial charge in [-0.2, -0.15) is 13.2 Å². The molecule has 1 saturated heterocycles. The Morgan fingerprint density at radius 2 is 1.95 bits per heavy atom. The topological polar surface area (TPSA) is 135 Å². The van der Waals surface area contributed by atoms with Crippen LogP contribution in [0.3, 0.4) is 0 Å². The molecule has 1 fully saturated rings. The molecule has 1 aliphatic rings. The lowest BCUT2D eigenvalue weighted by molar-refractivity contribution is -0.140. The Bertz CT molecular complexity index is 1710. The van der Waals surface area contributed by atoms with Crippen LogP contribution in [-0.2, 0) is 17.5 Å². The summed E-state index contributed by atoms with van der Waals surface area (Å²) in [6.07, 6.45) is -0.337. The van der Waals surface area contributed by atoms with Crippen molar-refractivity contribution in [3.05, 3.63) is 63.5 Å². The summed E-state index contributed by atoms with van der Waals surface area (Å²) in [4.78, 5) is 45.4. The molecule has 1 aliphatic heterocycles. The number of carboxylic acids is 1. The number of fused-ring (bicyclic) bond motifs is 1. The summed E-state index contributed by atoms with van der Waals surface area (Å²) in [5, 5.41) is 15.9. The van der Waals surface area contributed by atoms with Gasteiger partial charge in [0.05, 0.1) is 5.52 Å². The Labute approximate surface area is 241 Å². The van der Waals surface area contributed by atoms with Crippen LogP contribution in [0.2, 0.25) is 0 Å². The van der Waals surface area contributed by atoms with Crippen molar-refractivity contribution in [3.8, 4) is 21.7 Å². The molecule has 220 valence electrons. The molecule has 3 aromatic heterocycles. The summed E-state index contributed by atoms with van der Waals surface area (Å²) in [5.74, 6) is -1.05. The number of aromatic nitrogens is 3. The van der Waals surface area contributed by atoms with Crippen molar-refractivity contribution in [1.82, 2.24) is 19.9 Å². The highest BCUT2D eigenvalue weighted by molar-refractivity contribution is 7.13. The van der Waals surface area contributed by atoms with Crippen LogP contribution in [0.1, 0.15) is 35.8 Å². The lowest BCUT2D eigenvalue weighted by atomic mass is 9.97. The quantitative estimate of drug-likeness (QED) is 0.256. The predicted molar refractivity (Wildman–Crippen MR) is 151 cm³/mol. The second-order valence-corrected chi connectivity index (χ2v) is 10.6. The molecule has 5 rings (SSSR count). The van der Waals surface area contributed by atoms with Crippen LogP contribution in [-0.4, -0.2) is 51.4 Å². The monoisotopic (exact) mass is 601 g/mol. The van der Waals surface area contributed by atoms with Crippen LogP contribution < -0.4 is 16.1 Å². The van der Waals surface area contributed by atoms with Gasteiger partial charge in [-0.25, -0.2) is 19.6 Å². The van der Waals surface area contributed by atoms with E-state index in [-0.39, 0.29) is 33.3 Å². The molecule has 0 radical (unpaired) electrons. The van der Waals surface area contributed by atoms with Gasteiger partial charge >= 0.3 is 18.2 Å².